The first-order valence-electron chi connectivity index (χ1n) is 12.1. The van der Waals surface area contributed by atoms with Gasteiger partial charge in [-0.25, -0.2) is 14.8 Å². The van der Waals surface area contributed by atoms with Gasteiger partial charge in [0.15, 0.2) is 11.5 Å². The van der Waals surface area contributed by atoms with E-state index in [0.29, 0.717) is 23.6 Å². The van der Waals surface area contributed by atoms with Crippen molar-refractivity contribution >= 4 is 28.4 Å². The zero-order valence-corrected chi connectivity index (χ0v) is 20.1. The maximum absolute atomic E-state index is 12.1. The van der Waals surface area contributed by atoms with Gasteiger partial charge in [0.2, 0.25) is 0 Å². The Labute approximate surface area is 210 Å². The minimum absolute atomic E-state index is 0.312. The number of nitrogens with zero attached hydrogens (tertiary/aromatic N) is 4. The summed E-state index contributed by atoms with van der Waals surface area (Å²) in [6.45, 7) is 9.07. The van der Waals surface area contributed by atoms with Crippen LogP contribution in [0.4, 0.5) is 11.5 Å². The highest BCUT2D eigenvalue weighted by atomic mass is 16.6. The molecule has 8 heteroatoms. The monoisotopic (exact) mass is 484 g/mol. The molecule has 0 N–H and O–H groups in total. The molecule has 1 saturated heterocycles. The van der Waals surface area contributed by atoms with Crippen LogP contribution in [0, 0.1) is 12.3 Å². The summed E-state index contributed by atoms with van der Waals surface area (Å²) in [7, 11) is 0. The van der Waals surface area contributed by atoms with Gasteiger partial charge in [-0.15, -0.1) is 6.42 Å². The number of ether oxygens (including phenoxy) is 3. The largest absolute Gasteiger partial charge is 0.490 e. The van der Waals surface area contributed by atoms with Crippen LogP contribution in [0.25, 0.3) is 10.9 Å². The van der Waals surface area contributed by atoms with E-state index >= 15 is 0 Å². The maximum atomic E-state index is 12.1. The number of fused-ring (bicyclic) bond motifs is 2. The summed E-state index contributed by atoms with van der Waals surface area (Å²) in [6, 6.07) is 9.59. The molecule has 0 amide bonds. The number of morpholine rings is 1. The van der Waals surface area contributed by atoms with E-state index in [1.165, 1.54) is 5.56 Å². The van der Waals surface area contributed by atoms with Gasteiger partial charge >= 0.3 is 5.97 Å². The minimum atomic E-state index is -0.559. The zero-order valence-electron chi connectivity index (χ0n) is 20.1. The van der Waals surface area contributed by atoms with Crippen molar-refractivity contribution in [3.05, 3.63) is 60.4 Å². The van der Waals surface area contributed by atoms with Crippen LogP contribution in [0.3, 0.4) is 0 Å². The fourth-order valence-corrected chi connectivity index (χ4v) is 4.59. The Morgan fingerprint density at radius 1 is 1.17 bits per heavy atom. The Balaban J connectivity index is 1.43. The number of hydrogen-bond acceptors (Lipinski definition) is 8. The van der Waals surface area contributed by atoms with E-state index in [0.717, 1.165) is 80.8 Å². The highest BCUT2D eigenvalue weighted by molar-refractivity contribution is 5.95. The number of anilines is 2. The van der Waals surface area contributed by atoms with Crippen molar-refractivity contribution in [2.75, 3.05) is 50.9 Å². The molecule has 184 valence electrons. The van der Waals surface area contributed by atoms with Crippen LogP contribution in [-0.4, -0.2) is 66.8 Å². The lowest BCUT2D eigenvalue weighted by Crippen LogP contribution is -2.37. The first-order valence-corrected chi connectivity index (χ1v) is 12.1. The summed E-state index contributed by atoms with van der Waals surface area (Å²) in [6.07, 6.45) is 10.0. The minimum Gasteiger partial charge on any atom is -0.490 e. The molecule has 0 atom stereocenters. The molecule has 3 heterocycles. The summed E-state index contributed by atoms with van der Waals surface area (Å²) >= 11 is 0. The average Bonchev–Trinajstić information content (AvgIpc) is 3.34. The lowest BCUT2D eigenvalue weighted by Gasteiger charge is -2.26. The summed E-state index contributed by atoms with van der Waals surface area (Å²) in [4.78, 5) is 25.6. The Bertz CT molecular complexity index is 1330. The van der Waals surface area contributed by atoms with Gasteiger partial charge in [0, 0.05) is 55.0 Å². The van der Waals surface area contributed by atoms with Crippen molar-refractivity contribution in [3.63, 3.8) is 0 Å². The topological polar surface area (TPSA) is 77.0 Å². The molecule has 2 aliphatic rings. The van der Waals surface area contributed by atoms with E-state index < -0.39 is 5.97 Å². The van der Waals surface area contributed by atoms with Gasteiger partial charge in [0.25, 0.3) is 0 Å². The van der Waals surface area contributed by atoms with Crippen molar-refractivity contribution < 1.29 is 19.0 Å². The summed E-state index contributed by atoms with van der Waals surface area (Å²) in [5, 5.41) is 0.754. The van der Waals surface area contributed by atoms with Crippen molar-refractivity contribution in [1.82, 2.24) is 14.9 Å². The molecular weight excluding hydrogens is 456 g/mol. The van der Waals surface area contributed by atoms with Crippen LogP contribution in [0.15, 0.2) is 49.3 Å². The Kier molecular flexibility index (Phi) is 7.12. The van der Waals surface area contributed by atoms with Crippen molar-refractivity contribution in [2.24, 2.45) is 0 Å². The Morgan fingerprint density at radius 3 is 2.83 bits per heavy atom. The number of aromatic nitrogens is 2. The van der Waals surface area contributed by atoms with Gasteiger partial charge in [-0.1, -0.05) is 18.6 Å². The second-order valence-electron chi connectivity index (χ2n) is 8.68. The summed E-state index contributed by atoms with van der Waals surface area (Å²) < 4.78 is 17.0. The summed E-state index contributed by atoms with van der Waals surface area (Å²) in [5.74, 6) is 3.64. The molecule has 3 aromatic rings. The molecule has 36 heavy (non-hydrogen) atoms. The van der Waals surface area contributed by atoms with E-state index in [2.05, 4.69) is 38.3 Å². The number of carbonyl (C=O) groups is 1. The number of benzene rings is 2. The maximum Gasteiger partial charge on any atom is 0.335 e. The average molecular weight is 485 g/mol. The number of rotatable bonds is 8. The zero-order chi connectivity index (χ0) is 24.9. The van der Waals surface area contributed by atoms with Crippen LogP contribution < -0.4 is 14.4 Å². The molecule has 5 rings (SSSR count). The SMILES string of the molecule is C#Cc1ccc2c(c1)N(c1ncnc3cc(OCCCN4CCOCC4)c(OC(=O)C=C)cc13)CC2. The fourth-order valence-electron chi connectivity index (χ4n) is 4.59. The highest BCUT2D eigenvalue weighted by Crippen LogP contribution is 2.40. The highest BCUT2D eigenvalue weighted by Gasteiger charge is 2.25. The predicted molar refractivity (Wildman–Crippen MR) is 138 cm³/mol. The number of carbonyl (C=O) groups excluding carboxylic acids is 1. The smallest absolute Gasteiger partial charge is 0.335 e. The second-order valence-corrected chi connectivity index (χ2v) is 8.68. The van der Waals surface area contributed by atoms with Crippen molar-refractivity contribution in [3.8, 4) is 23.8 Å². The van der Waals surface area contributed by atoms with Crippen LogP contribution in [0.1, 0.15) is 17.5 Å². The molecule has 1 aromatic heterocycles. The number of terminal acetylenes is 1. The lowest BCUT2D eigenvalue weighted by molar-refractivity contribution is -0.129. The number of hydrogen-bond donors (Lipinski definition) is 0. The van der Waals surface area contributed by atoms with Gasteiger partial charge in [-0.05, 0) is 36.6 Å². The van der Waals surface area contributed by atoms with Crippen LogP contribution in [0.5, 0.6) is 11.5 Å². The molecule has 0 spiro atoms. The quantitative estimate of drug-likeness (QED) is 0.158. The first-order chi connectivity index (χ1) is 17.7. The van der Waals surface area contributed by atoms with Gasteiger partial charge in [-0.3, -0.25) is 4.90 Å². The van der Waals surface area contributed by atoms with Crippen LogP contribution >= 0.6 is 0 Å². The molecule has 8 nitrogen and oxygen atoms in total. The van der Waals surface area contributed by atoms with Crippen molar-refractivity contribution in [2.45, 2.75) is 12.8 Å². The van der Waals surface area contributed by atoms with Gasteiger partial charge < -0.3 is 19.1 Å². The Hall–Kier alpha value is -3.93. The molecule has 0 saturated carbocycles. The third-order valence-electron chi connectivity index (χ3n) is 6.44. The summed E-state index contributed by atoms with van der Waals surface area (Å²) in [5.41, 5.74) is 3.74. The van der Waals surface area contributed by atoms with E-state index in [1.54, 1.807) is 18.5 Å². The third-order valence-corrected chi connectivity index (χ3v) is 6.44. The molecule has 1 fully saturated rings. The molecule has 0 unspecified atom stereocenters. The normalized spacial score (nSPS) is 15.4. The first kappa shape index (κ1) is 23.8. The van der Waals surface area contributed by atoms with Gasteiger partial charge in [0.1, 0.15) is 12.1 Å². The van der Waals surface area contributed by atoms with Crippen LogP contribution in [0.2, 0.25) is 0 Å². The van der Waals surface area contributed by atoms with E-state index in [-0.39, 0.29) is 0 Å². The van der Waals surface area contributed by atoms with Gasteiger partial charge in [0.05, 0.1) is 25.3 Å². The van der Waals surface area contributed by atoms with E-state index in [4.69, 9.17) is 20.6 Å². The Morgan fingerprint density at radius 2 is 2.03 bits per heavy atom. The molecule has 0 bridgehead atoms. The molecule has 0 radical (unpaired) electrons. The van der Waals surface area contributed by atoms with Gasteiger partial charge in [-0.2, -0.15) is 0 Å². The molecular formula is C28H28N4O4. The van der Waals surface area contributed by atoms with Crippen LogP contribution in [-0.2, 0) is 16.0 Å². The number of esters is 1. The second kappa shape index (κ2) is 10.8. The standard InChI is InChI=1S/C28H28N4O4/c1-3-20-6-7-21-8-10-32(24(21)16-20)28-22-17-26(36-27(33)4-2)25(18-23(22)29-19-30-28)35-13-5-9-31-11-14-34-15-12-31/h1,4,6-7,16-19H,2,5,8-15H2. The fraction of sp³-hybridized carbons (Fsp3) is 0.321. The molecule has 2 aromatic carbocycles. The predicted octanol–water partition coefficient (Wildman–Crippen LogP) is 3.50. The van der Waals surface area contributed by atoms with E-state index in [9.17, 15) is 4.79 Å². The molecule has 0 aliphatic carbocycles. The van der Waals surface area contributed by atoms with Crippen molar-refractivity contribution in [1.29, 1.82) is 0 Å². The lowest BCUT2D eigenvalue weighted by atomic mass is 10.1. The third kappa shape index (κ3) is 5.03. The van der Waals surface area contributed by atoms with E-state index in [1.807, 2.05) is 12.1 Å². The molecule has 2 aliphatic heterocycles.